The highest BCUT2D eigenvalue weighted by atomic mass is 15.1. The summed E-state index contributed by atoms with van der Waals surface area (Å²) in [7, 11) is 4.13. The summed E-state index contributed by atoms with van der Waals surface area (Å²) < 4.78 is 0. The van der Waals surface area contributed by atoms with Crippen molar-refractivity contribution in [3.8, 4) is 0 Å². The molecule has 19 heavy (non-hydrogen) atoms. The molecule has 0 aliphatic rings. The van der Waals surface area contributed by atoms with Crippen molar-refractivity contribution < 1.29 is 0 Å². The molecule has 1 aromatic heterocycles. The molecule has 2 aromatic rings. The molecule has 0 saturated heterocycles. The number of anilines is 2. The molecular formula is C16H21N3. The highest BCUT2D eigenvalue weighted by Crippen LogP contribution is 2.22. The zero-order chi connectivity index (χ0) is 13.8. The minimum Gasteiger partial charge on any atom is -0.381 e. The summed E-state index contributed by atoms with van der Waals surface area (Å²) in [5.74, 6) is 0. The molecule has 0 unspecified atom stereocenters. The molecule has 0 atom stereocenters. The van der Waals surface area contributed by atoms with Gasteiger partial charge in [-0.1, -0.05) is 12.1 Å². The average molecular weight is 255 g/mol. The van der Waals surface area contributed by atoms with E-state index in [2.05, 4.69) is 60.5 Å². The van der Waals surface area contributed by atoms with Crippen LogP contribution >= 0.6 is 0 Å². The van der Waals surface area contributed by atoms with E-state index in [1.165, 1.54) is 16.8 Å². The molecule has 0 spiro atoms. The van der Waals surface area contributed by atoms with Crippen LogP contribution in [0.15, 0.2) is 36.5 Å². The number of aryl methyl sites for hydroxylation is 2. The van der Waals surface area contributed by atoms with E-state index in [1.54, 1.807) is 0 Å². The van der Waals surface area contributed by atoms with Crippen LogP contribution in [0.4, 0.5) is 11.4 Å². The smallest absolute Gasteiger partial charge is 0.0416 e. The lowest BCUT2D eigenvalue weighted by molar-refractivity contribution is 1.08. The number of hydrogen-bond acceptors (Lipinski definition) is 3. The van der Waals surface area contributed by atoms with Gasteiger partial charge in [0.15, 0.2) is 0 Å². The zero-order valence-corrected chi connectivity index (χ0v) is 12.1. The van der Waals surface area contributed by atoms with Gasteiger partial charge in [0.05, 0.1) is 0 Å². The number of nitrogens with one attached hydrogen (secondary N) is 1. The maximum atomic E-state index is 4.30. The van der Waals surface area contributed by atoms with Crippen molar-refractivity contribution in [1.82, 2.24) is 4.98 Å². The van der Waals surface area contributed by atoms with Crippen LogP contribution in [0.3, 0.4) is 0 Å². The largest absolute Gasteiger partial charge is 0.381 e. The van der Waals surface area contributed by atoms with Crippen molar-refractivity contribution in [2.45, 2.75) is 20.4 Å². The summed E-state index contributed by atoms with van der Waals surface area (Å²) in [4.78, 5) is 6.44. The van der Waals surface area contributed by atoms with E-state index in [-0.39, 0.29) is 0 Å². The molecule has 0 amide bonds. The van der Waals surface area contributed by atoms with Crippen LogP contribution in [-0.2, 0) is 6.54 Å². The number of benzene rings is 1. The molecule has 0 bridgehead atoms. The van der Waals surface area contributed by atoms with Crippen LogP contribution in [-0.4, -0.2) is 19.1 Å². The lowest BCUT2D eigenvalue weighted by Crippen LogP contribution is -2.11. The molecule has 0 aliphatic heterocycles. The predicted octanol–water partition coefficient (Wildman–Crippen LogP) is 3.38. The van der Waals surface area contributed by atoms with Crippen molar-refractivity contribution >= 4 is 11.4 Å². The summed E-state index contributed by atoms with van der Waals surface area (Å²) in [6.45, 7) is 4.92. The molecule has 100 valence electrons. The third-order valence-corrected chi connectivity index (χ3v) is 3.16. The Morgan fingerprint density at radius 1 is 1.11 bits per heavy atom. The van der Waals surface area contributed by atoms with Crippen molar-refractivity contribution in [3.05, 3.63) is 53.3 Å². The van der Waals surface area contributed by atoms with Gasteiger partial charge in [0, 0.05) is 43.9 Å². The molecule has 0 fully saturated rings. The Balaban J connectivity index is 2.07. The number of pyridine rings is 1. The Labute approximate surface area is 115 Å². The Bertz CT molecular complexity index is 544. The predicted molar refractivity (Wildman–Crippen MR) is 81.8 cm³/mol. The van der Waals surface area contributed by atoms with E-state index in [9.17, 15) is 0 Å². The lowest BCUT2D eigenvalue weighted by atomic mass is 10.1. The van der Waals surface area contributed by atoms with E-state index >= 15 is 0 Å². The fourth-order valence-corrected chi connectivity index (χ4v) is 2.01. The van der Waals surface area contributed by atoms with Gasteiger partial charge in [-0.2, -0.15) is 0 Å². The molecule has 1 N–H and O–H groups in total. The second-order valence-electron chi connectivity index (χ2n) is 5.06. The van der Waals surface area contributed by atoms with Gasteiger partial charge in [0.1, 0.15) is 0 Å². The Hall–Kier alpha value is -2.03. The Morgan fingerprint density at radius 3 is 2.53 bits per heavy atom. The van der Waals surface area contributed by atoms with Gasteiger partial charge in [-0.3, -0.25) is 4.98 Å². The number of nitrogens with zero attached hydrogens (tertiary/aromatic N) is 2. The van der Waals surface area contributed by atoms with Gasteiger partial charge in [0.25, 0.3) is 0 Å². The molecular weight excluding hydrogens is 234 g/mol. The Kier molecular flexibility index (Phi) is 4.05. The molecule has 0 saturated carbocycles. The third kappa shape index (κ3) is 3.47. The lowest BCUT2D eigenvalue weighted by Gasteiger charge is -2.17. The fourth-order valence-electron chi connectivity index (χ4n) is 2.01. The van der Waals surface area contributed by atoms with Gasteiger partial charge in [0.2, 0.25) is 0 Å². The van der Waals surface area contributed by atoms with Gasteiger partial charge in [-0.05, 0) is 43.2 Å². The first-order valence-corrected chi connectivity index (χ1v) is 6.49. The maximum Gasteiger partial charge on any atom is 0.0416 e. The van der Waals surface area contributed by atoms with Crippen LogP contribution < -0.4 is 10.2 Å². The average Bonchev–Trinajstić information content (AvgIpc) is 2.39. The normalized spacial score (nSPS) is 10.3. The van der Waals surface area contributed by atoms with E-state index in [4.69, 9.17) is 0 Å². The van der Waals surface area contributed by atoms with E-state index in [0.29, 0.717) is 0 Å². The summed E-state index contributed by atoms with van der Waals surface area (Å²) in [6.07, 6.45) is 1.92. The van der Waals surface area contributed by atoms with Crippen LogP contribution in [0.2, 0.25) is 0 Å². The van der Waals surface area contributed by atoms with Gasteiger partial charge >= 0.3 is 0 Å². The molecule has 3 heteroatoms. The van der Waals surface area contributed by atoms with E-state index in [0.717, 1.165) is 17.9 Å². The first-order valence-electron chi connectivity index (χ1n) is 6.49. The Morgan fingerprint density at radius 2 is 1.89 bits per heavy atom. The highest BCUT2D eigenvalue weighted by molar-refractivity contribution is 5.61. The van der Waals surface area contributed by atoms with Crippen molar-refractivity contribution in [1.29, 1.82) is 0 Å². The summed E-state index contributed by atoms with van der Waals surface area (Å²) in [6, 6.07) is 10.6. The summed E-state index contributed by atoms with van der Waals surface area (Å²) in [5, 5.41) is 3.44. The fraction of sp³-hybridized carbons (Fsp3) is 0.312. The standard InChI is InChI=1S/C16H21N3/c1-12-5-8-15(9-16(12)19(3)4)18-11-14-7-6-13(2)17-10-14/h5-10,18H,11H2,1-4H3. The molecule has 3 nitrogen and oxygen atoms in total. The van der Waals surface area contributed by atoms with Crippen LogP contribution in [0.5, 0.6) is 0 Å². The molecule has 1 heterocycles. The quantitative estimate of drug-likeness (QED) is 0.907. The SMILES string of the molecule is Cc1ccc(CNc2ccc(C)c(N(C)C)c2)cn1. The van der Waals surface area contributed by atoms with Crippen LogP contribution in [0.1, 0.15) is 16.8 Å². The summed E-state index contributed by atoms with van der Waals surface area (Å²) in [5.41, 5.74) is 5.90. The first kappa shape index (κ1) is 13.4. The van der Waals surface area contributed by atoms with E-state index in [1.807, 2.05) is 19.2 Å². The molecule has 0 radical (unpaired) electrons. The minimum absolute atomic E-state index is 0.795. The van der Waals surface area contributed by atoms with Crippen molar-refractivity contribution in [3.63, 3.8) is 0 Å². The third-order valence-electron chi connectivity index (χ3n) is 3.16. The van der Waals surface area contributed by atoms with Crippen LogP contribution in [0, 0.1) is 13.8 Å². The maximum absolute atomic E-state index is 4.30. The van der Waals surface area contributed by atoms with Crippen molar-refractivity contribution in [2.75, 3.05) is 24.3 Å². The topological polar surface area (TPSA) is 28.2 Å². The number of hydrogen-bond donors (Lipinski definition) is 1. The number of rotatable bonds is 4. The van der Waals surface area contributed by atoms with Crippen LogP contribution in [0.25, 0.3) is 0 Å². The highest BCUT2D eigenvalue weighted by Gasteiger charge is 2.02. The van der Waals surface area contributed by atoms with Gasteiger partial charge < -0.3 is 10.2 Å². The summed E-state index contributed by atoms with van der Waals surface area (Å²) >= 11 is 0. The second kappa shape index (κ2) is 5.74. The minimum atomic E-state index is 0.795. The monoisotopic (exact) mass is 255 g/mol. The van der Waals surface area contributed by atoms with E-state index < -0.39 is 0 Å². The van der Waals surface area contributed by atoms with Crippen molar-refractivity contribution in [2.24, 2.45) is 0 Å². The molecule has 2 rings (SSSR count). The van der Waals surface area contributed by atoms with Gasteiger partial charge in [-0.15, -0.1) is 0 Å². The number of aromatic nitrogens is 1. The zero-order valence-electron chi connectivity index (χ0n) is 12.1. The second-order valence-corrected chi connectivity index (χ2v) is 5.06. The molecule has 1 aromatic carbocycles. The molecule has 0 aliphatic carbocycles. The first-order chi connectivity index (χ1) is 9.06. The van der Waals surface area contributed by atoms with Gasteiger partial charge in [-0.25, -0.2) is 0 Å².